The minimum Gasteiger partial charge on any atom is -0.370 e. The molecule has 3 heteroatoms. The van der Waals surface area contributed by atoms with E-state index < -0.39 is 0 Å². The van der Waals surface area contributed by atoms with Crippen molar-refractivity contribution in [1.82, 2.24) is 5.32 Å². The number of halogens is 1. The van der Waals surface area contributed by atoms with Crippen molar-refractivity contribution in [2.45, 2.75) is 40.2 Å². The van der Waals surface area contributed by atoms with E-state index in [0.29, 0.717) is 5.92 Å². The minimum absolute atomic E-state index is 0.680. The fourth-order valence-electron chi connectivity index (χ4n) is 2.43. The molecule has 1 aliphatic rings. The second kappa shape index (κ2) is 7.33. The molecule has 1 aromatic rings. The van der Waals surface area contributed by atoms with Crippen molar-refractivity contribution in [1.29, 1.82) is 0 Å². The SMILES string of the molecule is CCN(CC1CC1)c1ccc(CNCC(C)C)cc1Cl. The van der Waals surface area contributed by atoms with Crippen LogP contribution < -0.4 is 10.2 Å². The maximum atomic E-state index is 6.48. The number of nitrogens with one attached hydrogen (secondary N) is 1. The summed E-state index contributed by atoms with van der Waals surface area (Å²) >= 11 is 6.48. The summed E-state index contributed by atoms with van der Waals surface area (Å²) in [5, 5.41) is 4.35. The van der Waals surface area contributed by atoms with Gasteiger partial charge in [0.2, 0.25) is 0 Å². The molecule has 0 aromatic heterocycles. The van der Waals surface area contributed by atoms with Crippen LogP contribution in [0.3, 0.4) is 0 Å². The van der Waals surface area contributed by atoms with E-state index in [2.05, 4.69) is 49.2 Å². The Morgan fingerprint density at radius 1 is 1.35 bits per heavy atom. The maximum Gasteiger partial charge on any atom is 0.0642 e. The molecule has 0 radical (unpaired) electrons. The van der Waals surface area contributed by atoms with Crippen molar-refractivity contribution in [2.24, 2.45) is 11.8 Å². The lowest BCUT2D eigenvalue weighted by Crippen LogP contribution is -2.25. The highest BCUT2D eigenvalue weighted by atomic mass is 35.5. The first-order valence-electron chi connectivity index (χ1n) is 7.84. The second-order valence-electron chi connectivity index (χ2n) is 6.29. The van der Waals surface area contributed by atoms with Gasteiger partial charge in [-0.05, 0) is 55.8 Å². The van der Waals surface area contributed by atoms with E-state index in [1.807, 2.05) is 0 Å². The average Bonchev–Trinajstić information content (AvgIpc) is 3.20. The molecule has 0 bridgehead atoms. The summed E-state index contributed by atoms with van der Waals surface area (Å²) < 4.78 is 0. The highest BCUT2D eigenvalue weighted by Crippen LogP contribution is 2.34. The Kier molecular flexibility index (Phi) is 5.74. The fraction of sp³-hybridized carbons (Fsp3) is 0.647. The Morgan fingerprint density at radius 2 is 2.10 bits per heavy atom. The van der Waals surface area contributed by atoms with Crippen LogP contribution in [0.15, 0.2) is 18.2 Å². The quantitative estimate of drug-likeness (QED) is 0.768. The molecule has 1 saturated carbocycles. The molecule has 1 aromatic carbocycles. The summed E-state index contributed by atoms with van der Waals surface area (Å²) in [4.78, 5) is 2.41. The molecule has 0 heterocycles. The zero-order valence-electron chi connectivity index (χ0n) is 13.0. The lowest BCUT2D eigenvalue weighted by molar-refractivity contribution is 0.552. The number of nitrogens with zero attached hydrogens (tertiary/aromatic N) is 1. The van der Waals surface area contributed by atoms with E-state index in [-0.39, 0.29) is 0 Å². The highest BCUT2D eigenvalue weighted by Gasteiger charge is 2.24. The zero-order valence-corrected chi connectivity index (χ0v) is 13.7. The lowest BCUT2D eigenvalue weighted by atomic mass is 10.1. The first-order valence-corrected chi connectivity index (χ1v) is 8.22. The van der Waals surface area contributed by atoms with Crippen molar-refractivity contribution >= 4 is 17.3 Å². The summed E-state index contributed by atoms with van der Waals surface area (Å²) in [6, 6.07) is 6.49. The van der Waals surface area contributed by atoms with Crippen LogP contribution in [-0.4, -0.2) is 19.6 Å². The Balaban J connectivity index is 1.96. The number of benzene rings is 1. The van der Waals surface area contributed by atoms with Crippen molar-refractivity contribution in [3.8, 4) is 0 Å². The van der Waals surface area contributed by atoms with Crippen LogP contribution >= 0.6 is 11.6 Å². The van der Waals surface area contributed by atoms with Gasteiger partial charge in [0.05, 0.1) is 10.7 Å². The van der Waals surface area contributed by atoms with Gasteiger partial charge in [-0.1, -0.05) is 31.5 Å². The average molecular weight is 295 g/mol. The van der Waals surface area contributed by atoms with Gasteiger partial charge >= 0.3 is 0 Å². The van der Waals surface area contributed by atoms with Gasteiger partial charge in [0, 0.05) is 19.6 Å². The van der Waals surface area contributed by atoms with Crippen LogP contribution in [-0.2, 0) is 6.54 Å². The molecule has 0 atom stereocenters. The Bertz CT molecular complexity index is 427. The molecule has 1 fully saturated rings. The molecule has 0 spiro atoms. The largest absolute Gasteiger partial charge is 0.370 e. The summed E-state index contributed by atoms with van der Waals surface area (Å²) in [5.41, 5.74) is 2.45. The molecule has 1 N–H and O–H groups in total. The van der Waals surface area contributed by atoms with Crippen LogP contribution in [0.1, 0.15) is 39.2 Å². The minimum atomic E-state index is 0.680. The van der Waals surface area contributed by atoms with E-state index in [1.54, 1.807) is 0 Å². The molecule has 112 valence electrons. The number of rotatable bonds is 8. The van der Waals surface area contributed by atoms with E-state index >= 15 is 0 Å². The van der Waals surface area contributed by atoms with Crippen LogP contribution in [0, 0.1) is 11.8 Å². The van der Waals surface area contributed by atoms with Crippen molar-refractivity contribution in [2.75, 3.05) is 24.5 Å². The van der Waals surface area contributed by atoms with Crippen molar-refractivity contribution in [3.63, 3.8) is 0 Å². The molecule has 0 amide bonds. The third-order valence-electron chi connectivity index (χ3n) is 3.79. The first kappa shape index (κ1) is 15.7. The fourth-order valence-corrected chi connectivity index (χ4v) is 2.75. The molecule has 2 rings (SSSR count). The van der Waals surface area contributed by atoms with Gasteiger partial charge in [-0.3, -0.25) is 0 Å². The summed E-state index contributed by atoms with van der Waals surface area (Å²) in [7, 11) is 0. The van der Waals surface area contributed by atoms with E-state index in [4.69, 9.17) is 11.6 Å². The van der Waals surface area contributed by atoms with Gasteiger partial charge in [0.25, 0.3) is 0 Å². The Hall–Kier alpha value is -0.730. The van der Waals surface area contributed by atoms with Gasteiger partial charge < -0.3 is 10.2 Å². The van der Waals surface area contributed by atoms with E-state index in [0.717, 1.165) is 37.1 Å². The number of hydrogen-bond acceptors (Lipinski definition) is 2. The monoisotopic (exact) mass is 294 g/mol. The molecule has 0 unspecified atom stereocenters. The molecular formula is C17H27ClN2. The van der Waals surface area contributed by atoms with Crippen LogP contribution in [0.2, 0.25) is 5.02 Å². The number of hydrogen-bond donors (Lipinski definition) is 1. The summed E-state index contributed by atoms with van der Waals surface area (Å²) in [6.07, 6.45) is 2.76. The molecule has 1 aliphatic carbocycles. The highest BCUT2D eigenvalue weighted by molar-refractivity contribution is 6.33. The van der Waals surface area contributed by atoms with Crippen LogP contribution in [0.5, 0.6) is 0 Å². The predicted molar refractivity (Wildman–Crippen MR) is 88.6 cm³/mol. The molecular weight excluding hydrogens is 268 g/mol. The molecule has 20 heavy (non-hydrogen) atoms. The van der Waals surface area contributed by atoms with Gasteiger partial charge in [-0.25, -0.2) is 0 Å². The Labute approximate surface area is 128 Å². The topological polar surface area (TPSA) is 15.3 Å². The van der Waals surface area contributed by atoms with Gasteiger partial charge in [-0.15, -0.1) is 0 Å². The van der Waals surface area contributed by atoms with Gasteiger partial charge in [0.15, 0.2) is 0 Å². The van der Waals surface area contributed by atoms with Crippen molar-refractivity contribution in [3.05, 3.63) is 28.8 Å². The van der Waals surface area contributed by atoms with Crippen LogP contribution in [0.4, 0.5) is 5.69 Å². The van der Waals surface area contributed by atoms with Crippen molar-refractivity contribution < 1.29 is 0 Å². The molecule has 0 aliphatic heterocycles. The van der Waals surface area contributed by atoms with E-state index in [1.165, 1.54) is 24.1 Å². The third-order valence-corrected chi connectivity index (χ3v) is 4.09. The summed E-state index contributed by atoms with van der Waals surface area (Å²) in [5.74, 6) is 1.57. The lowest BCUT2D eigenvalue weighted by Gasteiger charge is -2.24. The third kappa shape index (κ3) is 4.68. The molecule has 0 saturated heterocycles. The van der Waals surface area contributed by atoms with Crippen LogP contribution in [0.25, 0.3) is 0 Å². The normalized spacial score (nSPS) is 14.8. The molecule has 2 nitrogen and oxygen atoms in total. The van der Waals surface area contributed by atoms with Gasteiger partial charge in [-0.2, -0.15) is 0 Å². The second-order valence-corrected chi connectivity index (χ2v) is 6.70. The smallest absolute Gasteiger partial charge is 0.0642 e. The number of anilines is 1. The maximum absolute atomic E-state index is 6.48. The standard InChI is InChI=1S/C17H27ClN2/c1-4-20(12-14-5-6-14)17-8-7-15(9-16(17)18)11-19-10-13(2)3/h7-9,13-14,19H,4-6,10-12H2,1-3H3. The summed E-state index contributed by atoms with van der Waals surface area (Å²) in [6.45, 7) is 10.8. The first-order chi connectivity index (χ1) is 9.60. The Morgan fingerprint density at radius 3 is 2.65 bits per heavy atom. The van der Waals surface area contributed by atoms with Gasteiger partial charge in [0.1, 0.15) is 0 Å². The zero-order chi connectivity index (χ0) is 14.5. The predicted octanol–water partition coefficient (Wildman–Crippen LogP) is 4.32. The van der Waals surface area contributed by atoms with E-state index in [9.17, 15) is 0 Å².